The minimum atomic E-state index is -0.328. The Hall–Kier alpha value is -2.73. The van der Waals surface area contributed by atoms with Crippen LogP contribution in [0.2, 0.25) is 5.02 Å². The fraction of sp³-hybridized carbons (Fsp3) is 0.222. The molecular weight excluding hydrogens is 344 g/mol. The standard InChI is InChI=1S/C18H17ClN2O4/c1-24-15-7-6-12(10-13(15)19)20-17(22)11-21-14-4-2-3-5-16(14)25-9-8-18(21)23/h2-7,10H,8-9,11H2,1H3,(H,20,22). The van der Waals surface area contributed by atoms with Crippen LogP contribution < -0.4 is 19.7 Å². The Kier molecular flexibility index (Phi) is 5.09. The molecular formula is C18H17ClN2O4. The van der Waals surface area contributed by atoms with Gasteiger partial charge in [0, 0.05) is 5.69 Å². The summed E-state index contributed by atoms with van der Waals surface area (Å²) in [6, 6.07) is 12.1. The number of rotatable bonds is 4. The molecule has 0 unspecified atom stereocenters. The lowest BCUT2D eigenvalue weighted by Crippen LogP contribution is -2.37. The number of ether oxygens (including phenoxy) is 2. The number of nitrogens with one attached hydrogen (secondary N) is 1. The number of carbonyl (C=O) groups excluding carboxylic acids is 2. The molecule has 3 rings (SSSR count). The molecule has 0 aliphatic carbocycles. The predicted molar refractivity (Wildman–Crippen MR) is 95.5 cm³/mol. The summed E-state index contributed by atoms with van der Waals surface area (Å²) >= 11 is 6.06. The Balaban J connectivity index is 1.76. The highest BCUT2D eigenvalue weighted by Crippen LogP contribution is 2.31. The minimum Gasteiger partial charge on any atom is -0.495 e. The molecule has 0 radical (unpaired) electrons. The van der Waals surface area contributed by atoms with E-state index >= 15 is 0 Å². The molecule has 0 saturated carbocycles. The Morgan fingerprint density at radius 3 is 2.88 bits per heavy atom. The Labute approximate surface area is 150 Å². The van der Waals surface area contributed by atoms with Crippen LogP contribution >= 0.6 is 11.6 Å². The van der Waals surface area contributed by atoms with Gasteiger partial charge in [-0.25, -0.2) is 0 Å². The van der Waals surface area contributed by atoms with E-state index in [2.05, 4.69) is 5.32 Å². The third-order valence-corrected chi connectivity index (χ3v) is 4.06. The van der Waals surface area contributed by atoms with Crippen molar-refractivity contribution in [1.29, 1.82) is 0 Å². The number of hydrogen-bond acceptors (Lipinski definition) is 4. The van der Waals surface area contributed by atoms with E-state index in [1.807, 2.05) is 6.07 Å². The SMILES string of the molecule is COc1ccc(NC(=O)CN2C(=O)CCOc3ccccc32)cc1Cl. The van der Waals surface area contributed by atoms with E-state index in [0.29, 0.717) is 34.5 Å². The highest BCUT2D eigenvalue weighted by Gasteiger charge is 2.25. The third-order valence-electron chi connectivity index (χ3n) is 3.77. The van der Waals surface area contributed by atoms with Crippen LogP contribution in [0, 0.1) is 0 Å². The summed E-state index contributed by atoms with van der Waals surface area (Å²) in [5.74, 6) is 0.626. The Morgan fingerprint density at radius 2 is 2.12 bits per heavy atom. The van der Waals surface area contributed by atoms with Crippen molar-refractivity contribution in [3.8, 4) is 11.5 Å². The molecule has 2 aromatic carbocycles. The summed E-state index contributed by atoms with van der Waals surface area (Å²) < 4.78 is 10.6. The van der Waals surface area contributed by atoms with Gasteiger partial charge in [-0.05, 0) is 30.3 Å². The van der Waals surface area contributed by atoms with Crippen LogP contribution in [0.3, 0.4) is 0 Å². The highest BCUT2D eigenvalue weighted by atomic mass is 35.5. The number of methoxy groups -OCH3 is 1. The minimum absolute atomic E-state index is 0.108. The van der Waals surface area contributed by atoms with Crippen molar-refractivity contribution in [3.63, 3.8) is 0 Å². The molecule has 25 heavy (non-hydrogen) atoms. The quantitative estimate of drug-likeness (QED) is 0.909. The van der Waals surface area contributed by atoms with E-state index in [4.69, 9.17) is 21.1 Å². The molecule has 0 atom stereocenters. The van der Waals surface area contributed by atoms with Crippen LogP contribution in [-0.4, -0.2) is 32.1 Å². The maximum atomic E-state index is 12.4. The zero-order chi connectivity index (χ0) is 17.8. The molecule has 1 N–H and O–H groups in total. The van der Waals surface area contributed by atoms with E-state index < -0.39 is 0 Å². The molecule has 130 valence electrons. The van der Waals surface area contributed by atoms with Gasteiger partial charge in [0.05, 0.1) is 30.8 Å². The van der Waals surface area contributed by atoms with Gasteiger partial charge in [-0.1, -0.05) is 23.7 Å². The van der Waals surface area contributed by atoms with Gasteiger partial charge in [0.2, 0.25) is 11.8 Å². The summed E-state index contributed by atoms with van der Waals surface area (Å²) in [5.41, 5.74) is 1.12. The molecule has 0 aromatic heterocycles. The maximum Gasteiger partial charge on any atom is 0.244 e. The average molecular weight is 361 g/mol. The molecule has 0 spiro atoms. The third kappa shape index (κ3) is 3.85. The van der Waals surface area contributed by atoms with Crippen LogP contribution in [0.15, 0.2) is 42.5 Å². The lowest BCUT2D eigenvalue weighted by atomic mass is 10.2. The van der Waals surface area contributed by atoms with Gasteiger partial charge in [0.25, 0.3) is 0 Å². The second-order valence-electron chi connectivity index (χ2n) is 5.44. The molecule has 6 nitrogen and oxygen atoms in total. The van der Waals surface area contributed by atoms with Gasteiger partial charge in [0.15, 0.2) is 0 Å². The summed E-state index contributed by atoms with van der Waals surface area (Å²) in [5, 5.41) is 3.13. The fourth-order valence-electron chi connectivity index (χ4n) is 2.58. The first-order chi connectivity index (χ1) is 12.1. The van der Waals surface area contributed by atoms with Crippen LogP contribution in [0.5, 0.6) is 11.5 Å². The van der Waals surface area contributed by atoms with Crippen molar-refractivity contribution < 1.29 is 19.1 Å². The van der Waals surface area contributed by atoms with Crippen molar-refractivity contribution >= 4 is 34.8 Å². The van der Waals surface area contributed by atoms with Gasteiger partial charge in [-0.3, -0.25) is 14.5 Å². The highest BCUT2D eigenvalue weighted by molar-refractivity contribution is 6.32. The van der Waals surface area contributed by atoms with Crippen LogP contribution in [0.4, 0.5) is 11.4 Å². The van der Waals surface area contributed by atoms with E-state index in [1.165, 1.54) is 12.0 Å². The average Bonchev–Trinajstić information content (AvgIpc) is 2.75. The number of hydrogen-bond donors (Lipinski definition) is 1. The van der Waals surface area contributed by atoms with Gasteiger partial charge >= 0.3 is 0 Å². The molecule has 7 heteroatoms. The first-order valence-corrected chi connectivity index (χ1v) is 8.12. The van der Waals surface area contributed by atoms with Crippen molar-refractivity contribution in [2.24, 2.45) is 0 Å². The van der Waals surface area contributed by atoms with E-state index in [1.54, 1.807) is 36.4 Å². The summed E-state index contributed by atoms with van der Waals surface area (Å²) in [6.45, 7) is 0.185. The van der Waals surface area contributed by atoms with Crippen LogP contribution in [-0.2, 0) is 9.59 Å². The second-order valence-corrected chi connectivity index (χ2v) is 5.85. The molecule has 2 aromatic rings. The predicted octanol–water partition coefficient (Wildman–Crippen LogP) is 3.10. The van der Waals surface area contributed by atoms with Crippen LogP contribution in [0.25, 0.3) is 0 Å². The number of nitrogens with zero attached hydrogens (tertiary/aromatic N) is 1. The normalized spacial score (nSPS) is 13.5. The smallest absolute Gasteiger partial charge is 0.244 e. The summed E-state index contributed by atoms with van der Waals surface area (Å²) in [7, 11) is 1.52. The number of para-hydroxylation sites is 2. The zero-order valence-corrected chi connectivity index (χ0v) is 14.4. The zero-order valence-electron chi connectivity index (χ0n) is 13.6. The molecule has 1 aliphatic heterocycles. The molecule has 0 fully saturated rings. The summed E-state index contributed by atoms with van der Waals surface area (Å²) in [4.78, 5) is 26.2. The number of anilines is 2. The van der Waals surface area contributed by atoms with Gasteiger partial charge in [-0.2, -0.15) is 0 Å². The lowest BCUT2D eigenvalue weighted by Gasteiger charge is -2.21. The number of amides is 2. The van der Waals surface area contributed by atoms with E-state index in [0.717, 1.165) is 0 Å². The van der Waals surface area contributed by atoms with Crippen molar-refractivity contribution in [1.82, 2.24) is 0 Å². The van der Waals surface area contributed by atoms with Gasteiger partial charge < -0.3 is 14.8 Å². The van der Waals surface area contributed by atoms with Crippen molar-refractivity contribution in [3.05, 3.63) is 47.5 Å². The first kappa shape index (κ1) is 17.1. The maximum absolute atomic E-state index is 12.4. The van der Waals surface area contributed by atoms with E-state index in [-0.39, 0.29) is 24.8 Å². The Bertz CT molecular complexity index is 809. The Morgan fingerprint density at radius 1 is 1.32 bits per heavy atom. The molecule has 1 aliphatic rings. The molecule has 2 amide bonds. The molecule has 1 heterocycles. The fourth-order valence-corrected chi connectivity index (χ4v) is 2.84. The molecule has 0 saturated heterocycles. The second kappa shape index (κ2) is 7.44. The van der Waals surface area contributed by atoms with Gasteiger partial charge in [-0.15, -0.1) is 0 Å². The summed E-state index contributed by atoms with van der Waals surface area (Å²) in [6.07, 6.45) is 0.219. The number of fused-ring (bicyclic) bond motifs is 1. The van der Waals surface area contributed by atoms with Gasteiger partial charge in [0.1, 0.15) is 18.0 Å². The van der Waals surface area contributed by atoms with Crippen molar-refractivity contribution in [2.75, 3.05) is 30.5 Å². The number of halogens is 1. The lowest BCUT2D eigenvalue weighted by molar-refractivity contribution is -0.121. The number of benzene rings is 2. The first-order valence-electron chi connectivity index (χ1n) is 7.74. The number of carbonyl (C=O) groups is 2. The van der Waals surface area contributed by atoms with E-state index in [9.17, 15) is 9.59 Å². The molecule has 0 bridgehead atoms. The monoisotopic (exact) mass is 360 g/mol. The van der Waals surface area contributed by atoms with Crippen LogP contribution in [0.1, 0.15) is 6.42 Å². The topological polar surface area (TPSA) is 67.9 Å². The van der Waals surface area contributed by atoms with Crippen molar-refractivity contribution in [2.45, 2.75) is 6.42 Å². The largest absolute Gasteiger partial charge is 0.495 e.